The highest BCUT2D eigenvalue weighted by atomic mass is 16.5. The van der Waals surface area contributed by atoms with E-state index in [0.717, 1.165) is 49.2 Å². The van der Waals surface area contributed by atoms with Crippen LogP contribution in [0, 0.1) is 0 Å². The Kier molecular flexibility index (Phi) is 5.84. The van der Waals surface area contributed by atoms with Crippen LogP contribution in [0.1, 0.15) is 44.2 Å². The Hall–Kier alpha value is -3.15. The second kappa shape index (κ2) is 8.69. The number of likely N-dealkylation sites (tertiary alicyclic amines) is 1. The predicted octanol–water partition coefficient (Wildman–Crippen LogP) is 3.63. The minimum atomic E-state index is -0.241. The second-order valence-electron chi connectivity index (χ2n) is 8.01. The smallest absolute Gasteiger partial charge is 0.278 e. The van der Waals surface area contributed by atoms with Gasteiger partial charge in [-0.25, -0.2) is 0 Å². The zero-order valence-electron chi connectivity index (χ0n) is 17.5. The maximum atomic E-state index is 13.4. The molecule has 2 aliphatic heterocycles. The third-order valence-electron chi connectivity index (χ3n) is 5.42. The summed E-state index contributed by atoms with van der Waals surface area (Å²) >= 11 is 0. The van der Waals surface area contributed by atoms with Crippen LogP contribution in [0.4, 0.5) is 0 Å². The summed E-state index contributed by atoms with van der Waals surface area (Å²) in [6.07, 6.45) is 6.64. The van der Waals surface area contributed by atoms with Crippen LogP contribution in [0.25, 0.3) is 5.57 Å². The molecule has 3 heterocycles. The number of aromatic nitrogens is 1. The fourth-order valence-electron chi connectivity index (χ4n) is 4.02. The largest absolute Gasteiger partial charge is 0.491 e. The maximum Gasteiger partial charge on any atom is 0.278 e. The minimum Gasteiger partial charge on any atom is -0.491 e. The van der Waals surface area contributed by atoms with Crippen molar-refractivity contribution in [2.24, 2.45) is 0 Å². The van der Waals surface area contributed by atoms with Gasteiger partial charge >= 0.3 is 0 Å². The van der Waals surface area contributed by atoms with Gasteiger partial charge in [0.2, 0.25) is 0 Å². The van der Waals surface area contributed by atoms with Crippen molar-refractivity contribution in [3.05, 3.63) is 65.6 Å². The Morgan fingerprint density at radius 3 is 2.23 bits per heavy atom. The van der Waals surface area contributed by atoms with Gasteiger partial charge in [0.05, 0.1) is 18.2 Å². The van der Waals surface area contributed by atoms with E-state index in [-0.39, 0.29) is 24.5 Å². The van der Waals surface area contributed by atoms with Crippen LogP contribution in [0.2, 0.25) is 0 Å². The van der Waals surface area contributed by atoms with E-state index in [0.29, 0.717) is 11.3 Å². The average Bonchev–Trinajstić information content (AvgIpc) is 3.00. The molecule has 0 saturated carbocycles. The summed E-state index contributed by atoms with van der Waals surface area (Å²) < 4.78 is 5.73. The van der Waals surface area contributed by atoms with Gasteiger partial charge in [-0.3, -0.25) is 19.5 Å². The molecule has 0 N–H and O–H groups in total. The molecule has 2 aliphatic rings. The predicted molar refractivity (Wildman–Crippen MR) is 114 cm³/mol. The molecule has 6 heteroatoms. The molecular formula is C24H27N3O3. The van der Waals surface area contributed by atoms with Gasteiger partial charge < -0.3 is 9.64 Å². The van der Waals surface area contributed by atoms with Crippen LogP contribution in [0.15, 0.2) is 54.5 Å². The molecule has 1 fully saturated rings. The SMILES string of the molecule is CC(C)Oc1ccc(C2=C(N3CCCCC3)C(=O)N(Cc3ccncc3)C2=O)cc1. The van der Waals surface area contributed by atoms with Crippen molar-refractivity contribution in [1.29, 1.82) is 0 Å². The second-order valence-corrected chi connectivity index (χ2v) is 8.01. The summed E-state index contributed by atoms with van der Waals surface area (Å²) in [5, 5.41) is 0. The van der Waals surface area contributed by atoms with Gasteiger partial charge in [-0.1, -0.05) is 12.1 Å². The molecule has 6 nitrogen and oxygen atoms in total. The number of ether oxygens (including phenoxy) is 1. The molecule has 0 atom stereocenters. The molecule has 4 rings (SSSR count). The molecule has 1 aromatic carbocycles. The highest BCUT2D eigenvalue weighted by molar-refractivity contribution is 6.35. The number of imide groups is 1. The van der Waals surface area contributed by atoms with Crippen LogP contribution in [-0.2, 0) is 16.1 Å². The van der Waals surface area contributed by atoms with Crippen LogP contribution >= 0.6 is 0 Å². The highest BCUT2D eigenvalue weighted by Crippen LogP contribution is 2.34. The number of carbonyl (C=O) groups excluding carboxylic acids is 2. The zero-order valence-corrected chi connectivity index (χ0v) is 17.5. The number of rotatable bonds is 6. The number of benzene rings is 1. The first-order valence-electron chi connectivity index (χ1n) is 10.6. The number of piperidine rings is 1. The lowest BCUT2D eigenvalue weighted by molar-refractivity contribution is -0.138. The Balaban J connectivity index is 1.69. The molecule has 0 unspecified atom stereocenters. The Bertz CT molecular complexity index is 945. The van der Waals surface area contributed by atoms with Crippen LogP contribution in [0.3, 0.4) is 0 Å². The van der Waals surface area contributed by atoms with E-state index in [1.165, 1.54) is 4.90 Å². The summed E-state index contributed by atoms with van der Waals surface area (Å²) in [5.74, 6) is 0.297. The Morgan fingerprint density at radius 2 is 1.60 bits per heavy atom. The van der Waals surface area contributed by atoms with Gasteiger partial charge in [0.1, 0.15) is 11.4 Å². The molecule has 1 aromatic heterocycles. The van der Waals surface area contributed by atoms with Gasteiger partial charge in [-0.15, -0.1) is 0 Å². The lowest BCUT2D eigenvalue weighted by atomic mass is 10.0. The van der Waals surface area contributed by atoms with E-state index in [1.54, 1.807) is 12.4 Å². The van der Waals surface area contributed by atoms with E-state index in [1.807, 2.05) is 50.2 Å². The van der Waals surface area contributed by atoms with Gasteiger partial charge in [0.25, 0.3) is 11.8 Å². The molecule has 0 spiro atoms. The molecule has 156 valence electrons. The molecular weight excluding hydrogens is 378 g/mol. The number of nitrogens with zero attached hydrogens (tertiary/aromatic N) is 3. The lowest BCUT2D eigenvalue weighted by Gasteiger charge is -2.29. The van der Waals surface area contributed by atoms with Gasteiger partial charge in [-0.2, -0.15) is 0 Å². The number of hydrogen-bond acceptors (Lipinski definition) is 5. The standard InChI is InChI=1S/C24H27N3O3/c1-17(2)30-20-8-6-19(7-9-20)21-22(26-14-4-3-5-15-26)24(29)27(23(21)28)16-18-10-12-25-13-11-18/h6-13,17H,3-5,14-16H2,1-2H3. The summed E-state index contributed by atoms with van der Waals surface area (Å²) in [5.41, 5.74) is 2.66. The van der Waals surface area contributed by atoms with E-state index >= 15 is 0 Å². The number of amides is 2. The molecule has 0 radical (unpaired) electrons. The summed E-state index contributed by atoms with van der Waals surface area (Å²) in [6, 6.07) is 11.1. The molecule has 1 saturated heterocycles. The Labute approximate surface area is 177 Å². The van der Waals surface area contributed by atoms with E-state index < -0.39 is 0 Å². The van der Waals surface area contributed by atoms with Crippen LogP contribution in [-0.4, -0.2) is 45.8 Å². The fourth-order valence-corrected chi connectivity index (χ4v) is 4.02. The third kappa shape index (κ3) is 4.08. The molecule has 30 heavy (non-hydrogen) atoms. The lowest BCUT2D eigenvalue weighted by Crippen LogP contribution is -2.36. The first-order valence-corrected chi connectivity index (χ1v) is 10.6. The maximum absolute atomic E-state index is 13.4. The van der Waals surface area contributed by atoms with Crippen molar-refractivity contribution in [3.8, 4) is 5.75 Å². The van der Waals surface area contributed by atoms with Crippen molar-refractivity contribution in [3.63, 3.8) is 0 Å². The summed E-state index contributed by atoms with van der Waals surface area (Å²) in [6.45, 7) is 5.79. The van der Waals surface area contributed by atoms with E-state index in [2.05, 4.69) is 9.88 Å². The van der Waals surface area contributed by atoms with Crippen LogP contribution in [0.5, 0.6) is 5.75 Å². The zero-order chi connectivity index (χ0) is 21.1. The van der Waals surface area contributed by atoms with E-state index in [9.17, 15) is 9.59 Å². The fraction of sp³-hybridized carbons (Fsp3) is 0.375. The van der Waals surface area contributed by atoms with Gasteiger partial charge in [-0.05, 0) is 68.5 Å². The number of pyridine rings is 1. The normalized spacial score (nSPS) is 17.3. The topological polar surface area (TPSA) is 62.7 Å². The van der Waals surface area contributed by atoms with Crippen molar-refractivity contribution in [2.75, 3.05) is 13.1 Å². The van der Waals surface area contributed by atoms with E-state index in [4.69, 9.17) is 4.74 Å². The Morgan fingerprint density at radius 1 is 0.933 bits per heavy atom. The first kappa shape index (κ1) is 20.1. The third-order valence-corrected chi connectivity index (χ3v) is 5.42. The first-order chi connectivity index (χ1) is 14.5. The molecule has 0 aliphatic carbocycles. The van der Waals surface area contributed by atoms with Crippen molar-refractivity contribution < 1.29 is 14.3 Å². The van der Waals surface area contributed by atoms with Gasteiger partial charge in [0, 0.05) is 25.5 Å². The minimum absolute atomic E-state index is 0.0736. The molecule has 2 aromatic rings. The quantitative estimate of drug-likeness (QED) is 0.687. The van der Waals surface area contributed by atoms with Crippen molar-refractivity contribution >= 4 is 17.4 Å². The monoisotopic (exact) mass is 405 g/mol. The van der Waals surface area contributed by atoms with Crippen LogP contribution < -0.4 is 4.74 Å². The average molecular weight is 405 g/mol. The van der Waals surface area contributed by atoms with Crippen molar-refractivity contribution in [2.45, 2.75) is 45.8 Å². The highest BCUT2D eigenvalue weighted by Gasteiger charge is 2.41. The van der Waals surface area contributed by atoms with Crippen molar-refractivity contribution in [1.82, 2.24) is 14.8 Å². The molecule has 0 bridgehead atoms. The number of carbonyl (C=O) groups is 2. The summed E-state index contributed by atoms with van der Waals surface area (Å²) in [4.78, 5) is 34.3. The van der Waals surface area contributed by atoms with Gasteiger partial charge in [0.15, 0.2) is 0 Å². The number of hydrogen-bond donors (Lipinski definition) is 0. The molecule has 2 amide bonds. The summed E-state index contributed by atoms with van der Waals surface area (Å²) in [7, 11) is 0.